The molecule has 1 aromatic carbocycles. The van der Waals surface area contributed by atoms with Gasteiger partial charge in [0.2, 0.25) is 0 Å². The predicted octanol–water partition coefficient (Wildman–Crippen LogP) is 2.97. The number of benzene rings is 1. The van der Waals surface area contributed by atoms with Gasteiger partial charge in [0.15, 0.2) is 0 Å². The molecule has 0 fully saturated rings. The van der Waals surface area contributed by atoms with Crippen molar-refractivity contribution in [2.24, 2.45) is 0 Å². The van der Waals surface area contributed by atoms with E-state index in [4.69, 9.17) is 0 Å². The molecule has 0 saturated heterocycles. The zero-order valence-electron chi connectivity index (χ0n) is 9.21. The number of hydrogen-bond donors (Lipinski definition) is 1. The molecule has 0 aliphatic rings. The fourth-order valence-corrected chi connectivity index (χ4v) is 2.05. The highest BCUT2D eigenvalue weighted by Crippen LogP contribution is 2.20. The summed E-state index contributed by atoms with van der Waals surface area (Å²) < 4.78 is 0. The fourth-order valence-electron chi connectivity index (χ4n) is 1.49. The molecule has 6 heteroatoms. The summed E-state index contributed by atoms with van der Waals surface area (Å²) in [6.45, 7) is 2.41. The van der Waals surface area contributed by atoms with Crippen molar-refractivity contribution in [3.63, 3.8) is 0 Å². The lowest BCUT2D eigenvalue weighted by Gasteiger charge is -2.05. The maximum absolute atomic E-state index is 10.7. The van der Waals surface area contributed by atoms with Gasteiger partial charge in [0.05, 0.1) is 22.7 Å². The number of non-ortho nitro benzene ring substituents is 1. The minimum Gasteiger partial charge on any atom is -0.379 e. The number of rotatable bonds is 4. The van der Waals surface area contributed by atoms with Gasteiger partial charge in [0, 0.05) is 23.2 Å². The van der Waals surface area contributed by atoms with E-state index in [0.717, 1.165) is 16.9 Å². The van der Waals surface area contributed by atoms with Crippen LogP contribution in [0.2, 0.25) is 0 Å². The van der Waals surface area contributed by atoms with Gasteiger partial charge in [-0.3, -0.25) is 10.1 Å². The molecule has 0 spiro atoms. The number of nitro groups is 1. The minimum atomic E-state index is -0.388. The van der Waals surface area contributed by atoms with Crippen molar-refractivity contribution in [3.05, 3.63) is 50.5 Å². The fraction of sp³-hybridized carbons (Fsp3) is 0.182. The van der Waals surface area contributed by atoms with Crippen molar-refractivity contribution >= 4 is 22.7 Å². The quantitative estimate of drug-likeness (QED) is 0.668. The van der Waals surface area contributed by atoms with Crippen molar-refractivity contribution in [1.82, 2.24) is 4.98 Å². The molecule has 17 heavy (non-hydrogen) atoms. The minimum absolute atomic E-state index is 0.103. The second kappa shape index (κ2) is 4.92. The van der Waals surface area contributed by atoms with Crippen LogP contribution in [-0.4, -0.2) is 9.91 Å². The summed E-state index contributed by atoms with van der Waals surface area (Å²) in [6, 6.07) is 4.95. The molecule has 1 aromatic heterocycles. The molecule has 2 aromatic rings. The summed E-state index contributed by atoms with van der Waals surface area (Å²) in [7, 11) is 0. The number of aromatic nitrogens is 1. The van der Waals surface area contributed by atoms with Gasteiger partial charge in [-0.2, -0.15) is 0 Å². The molecule has 1 heterocycles. The molecule has 88 valence electrons. The van der Waals surface area contributed by atoms with Crippen molar-refractivity contribution in [2.45, 2.75) is 13.5 Å². The lowest BCUT2D eigenvalue weighted by molar-refractivity contribution is -0.384. The maximum Gasteiger partial charge on any atom is 0.271 e. The van der Waals surface area contributed by atoms with Gasteiger partial charge in [-0.05, 0) is 18.6 Å². The van der Waals surface area contributed by atoms with Crippen molar-refractivity contribution in [2.75, 3.05) is 5.32 Å². The first-order valence-electron chi connectivity index (χ1n) is 5.02. The monoisotopic (exact) mass is 249 g/mol. The highest BCUT2D eigenvalue weighted by molar-refractivity contribution is 7.07. The number of aryl methyl sites for hydroxylation is 1. The zero-order valence-corrected chi connectivity index (χ0v) is 10.0. The lowest BCUT2D eigenvalue weighted by atomic mass is 10.2. The van der Waals surface area contributed by atoms with Gasteiger partial charge in [0.1, 0.15) is 0 Å². The molecule has 0 radical (unpaired) electrons. The van der Waals surface area contributed by atoms with Gasteiger partial charge < -0.3 is 5.32 Å². The third kappa shape index (κ3) is 3.01. The normalized spacial score (nSPS) is 10.2. The first kappa shape index (κ1) is 11.5. The first-order chi connectivity index (χ1) is 8.15. The van der Waals surface area contributed by atoms with Gasteiger partial charge in [0.25, 0.3) is 5.69 Å². The van der Waals surface area contributed by atoms with Crippen LogP contribution in [0.15, 0.2) is 29.1 Å². The van der Waals surface area contributed by atoms with Crippen LogP contribution in [-0.2, 0) is 6.54 Å². The van der Waals surface area contributed by atoms with Crippen LogP contribution < -0.4 is 5.32 Å². The summed E-state index contributed by atoms with van der Waals surface area (Å²) >= 11 is 1.53. The van der Waals surface area contributed by atoms with E-state index in [-0.39, 0.29) is 10.6 Å². The average Bonchev–Trinajstić information content (AvgIpc) is 2.78. The number of thiazole rings is 1. The number of nitrogens with zero attached hydrogens (tertiary/aromatic N) is 2. The average molecular weight is 249 g/mol. The molecule has 0 saturated carbocycles. The maximum atomic E-state index is 10.7. The Balaban J connectivity index is 2.13. The molecular formula is C11H11N3O2S. The Morgan fingerprint density at radius 1 is 1.47 bits per heavy atom. The molecule has 0 aliphatic heterocycles. The third-order valence-corrected chi connectivity index (χ3v) is 2.87. The SMILES string of the molecule is Cc1cc(NCc2cscn2)cc([N+](=O)[O-])c1. The highest BCUT2D eigenvalue weighted by Gasteiger charge is 2.07. The van der Waals surface area contributed by atoms with E-state index < -0.39 is 0 Å². The van der Waals surface area contributed by atoms with E-state index in [1.807, 2.05) is 18.4 Å². The summed E-state index contributed by atoms with van der Waals surface area (Å²) in [5, 5.41) is 15.8. The van der Waals surface area contributed by atoms with E-state index in [2.05, 4.69) is 10.3 Å². The predicted molar refractivity (Wildman–Crippen MR) is 67.3 cm³/mol. The van der Waals surface area contributed by atoms with Gasteiger partial charge >= 0.3 is 0 Å². The highest BCUT2D eigenvalue weighted by atomic mass is 32.1. The summed E-state index contributed by atoms with van der Waals surface area (Å²) in [6.07, 6.45) is 0. The Bertz CT molecular complexity index is 526. The van der Waals surface area contributed by atoms with Crippen LogP contribution in [0.3, 0.4) is 0 Å². The number of hydrogen-bond acceptors (Lipinski definition) is 5. The largest absolute Gasteiger partial charge is 0.379 e. The van der Waals surface area contributed by atoms with E-state index in [1.165, 1.54) is 17.4 Å². The smallest absolute Gasteiger partial charge is 0.271 e. The van der Waals surface area contributed by atoms with E-state index in [9.17, 15) is 10.1 Å². The number of nitrogens with one attached hydrogen (secondary N) is 1. The Kier molecular flexibility index (Phi) is 3.34. The summed E-state index contributed by atoms with van der Waals surface area (Å²) in [5.41, 5.74) is 4.39. The van der Waals surface area contributed by atoms with Crippen molar-refractivity contribution in [3.8, 4) is 0 Å². The number of nitro benzene ring substituents is 1. The molecule has 0 aliphatic carbocycles. The van der Waals surface area contributed by atoms with E-state index in [1.54, 1.807) is 11.6 Å². The molecular weight excluding hydrogens is 238 g/mol. The molecule has 0 atom stereocenters. The van der Waals surface area contributed by atoms with Crippen LogP contribution >= 0.6 is 11.3 Å². The number of anilines is 1. The van der Waals surface area contributed by atoms with Crippen molar-refractivity contribution in [1.29, 1.82) is 0 Å². The third-order valence-electron chi connectivity index (χ3n) is 2.23. The summed E-state index contributed by atoms with van der Waals surface area (Å²) in [4.78, 5) is 14.5. The van der Waals surface area contributed by atoms with E-state index in [0.29, 0.717) is 6.54 Å². The molecule has 0 bridgehead atoms. The van der Waals surface area contributed by atoms with Gasteiger partial charge in [-0.15, -0.1) is 11.3 Å². The lowest BCUT2D eigenvalue weighted by Crippen LogP contribution is -2.00. The van der Waals surface area contributed by atoms with Gasteiger partial charge in [-0.1, -0.05) is 0 Å². The second-order valence-corrected chi connectivity index (χ2v) is 4.37. The molecule has 5 nitrogen and oxygen atoms in total. The van der Waals surface area contributed by atoms with Crippen LogP contribution in [0.1, 0.15) is 11.3 Å². The second-order valence-electron chi connectivity index (χ2n) is 3.65. The molecule has 0 unspecified atom stereocenters. The van der Waals surface area contributed by atoms with Crippen LogP contribution in [0.5, 0.6) is 0 Å². The first-order valence-corrected chi connectivity index (χ1v) is 5.96. The zero-order chi connectivity index (χ0) is 12.3. The van der Waals surface area contributed by atoms with Crippen LogP contribution in [0.4, 0.5) is 11.4 Å². The van der Waals surface area contributed by atoms with Crippen LogP contribution in [0.25, 0.3) is 0 Å². The Hall–Kier alpha value is -1.95. The van der Waals surface area contributed by atoms with Crippen LogP contribution in [0, 0.1) is 17.0 Å². The molecule has 0 amide bonds. The Morgan fingerprint density at radius 2 is 2.29 bits per heavy atom. The van der Waals surface area contributed by atoms with Crippen molar-refractivity contribution < 1.29 is 4.92 Å². The van der Waals surface area contributed by atoms with Gasteiger partial charge in [-0.25, -0.2) is 4.98 Å². The Labute approximate surface area is 102 Å². The molecule has 2 rings (SSSR count). The van der Waals surface area contributed by atoms with E-state index >= 15 is 0 Å². The molecule has 1 N–H and O–H groups in total. The summed E-state index contributed by atoms with van der Waals surface area (Å²) in [5.74, 6) is 0. The standard InChI is InChI=1S/C11H11N3O2S/c1-8-2-9(4-11(3-8)14(15)16)12-5-10-6-17-7-13-10/h2-4,6-7,12H,5H2,1H3. The topological polar surface area (TPSA) is 68.1 Å². The Morgan fingerprint density at radius 3 is 2.94 bits per heavy atom.